The lowest BCUT2D eigenvalue weighted by Gasteiger charge is -2.18. The minimum Gasteiger partial charge on any atom is -0.494 e. The molecule has 2 aromatic carbocycles. The van der Waals surface area contributed by atoms with Gasteiger partial charge >= 0.3 is 0 Å². The molecular formula is C16H16BrClFNO. The highest BCUT2D eigenvalue weighted by atomic mass is 79.9. The van der Waals surface area contributed by atoms with Crippen molar-refractivity contribution in [2.45, 2.75) is 19.4 Å². The molecule has 0 aromatic heterocycles. The Bertz CT molecular complexity index is 615. The first-order chi connectivity index (χ1) is 10.0. The number of ether oxygens (including phenoxy) is 1. The first-order valence-electron chi connectivity index (χ1n) is 6.63. The van der Waals surface area contributed by atoms with Crippen LogP contribution in [-0.2, 0) is 6.42 Å². The highest BCUT2D eigenvalue weighted by molar-refractivity contribution is 9.10. The van der Waals surface area contributed by atoms with Crippen LogP contribution in [0.25, 0.3) is 0 Å². The first-order valence-corrected chi connectivity index (χ1v) is 7.80. The first kappa shape index (κ1) is 16.3. The van der Waals surface area contributed by atoms with Crippen LogP contribution in [0.3, 0.4) is 0 Å². The number of hydrogen-bond acceptors (Lipinski definition) is 2. The standard InChI is InChI=1S/C16H16BrClFNO/c1-2-21-16-7-6-10(17)8-12(16)15(20)9-11-13(18)4-3-5-14(11)19/h3-8,15H,2,9,20H2,1H3. The maximum Gasteiger partial charge on any atom is 0.127 e. The molecule has 0 spiro atoms. The van der Waals surface area contributed by atoms with E-state index < -0.39 is 6.04 Å². The van der Waals surface area contributed by atoms with Crippen LogP contribution in [-0.4, -0.2) is 6.61 Å². The predicted molar refractivity (Wildman–Crippen MR) is 87.4 cm³/mol. The summed E-state index contributed by atoms with van der Waals surface area (Å²) >= 11 is 9.48. The molecule has 0 aliphatic rings. The molecule has 0 bridgehead atoms. The fourth-order valence-corrected chi connectivity index (χ4v) is 2.77. The summed E-state index contributed by atoms with van der Waals surface area (Å²) in [5.74, 6) is 0.367. The Kier molecular flexibility index (Phi) is 5.62. The van der Waals surface area contributed by atoms with Gasteiger partial charge in [0.1, 0.15) is 11.6 Å². The quantitative estimate of drug-likeness (QED) is 0.811. The van der Waals surface area contributed by atoms with Crippen LogP contribution in [0.2, 0.25) is 5.02 Å². The molecule has 21 heavy (non-hydrogen) atoms. The summed E-state index contributed by atoms with van der Waals surface area (Å²) in [5, 5.41) is 0.387. The largest absolute Gasteiger partial charge is 0.494 e. The van der Waals surface area contributed by atoms with Gasteiger partial charge in [0.25, 0.3) is 0 Å². The summed E-state index contributed by atoms with van der Waals surface area (Å²) in [7, 11) is 0. The SMILES string of the molecule is CCOc1ccc(Br)cc1C(N)Cc1c(F)cccc1Cl. The van der Waals surface area contributed by atoms with E-state index in [0.29, 0.717) is 29.4 Å². The van der Waals surface area contributed by atoms with Crippen LogP contribution in [0.1, 0.15) is 24.1 Å². The van der Waals surface area contributed by atoms with Gasteiger partial charge in [-0.25, -0.2) is 4.39 Å². The highest BCUT2D eigenvalue weighted by Gasteiger charge is 2.17. The second-order valence-electron chi connectivity index (χ2n) is 4.63. The molecule has 5 heteroatoms. The van der Waals surface area contributed by atoms with E-state index in [1.165, 1.54) is 6.07 Å². The minimum atomic E-state index is -0.404. The van der Waals surface area contributed by atoms with Crippen molar-refractivity contribution in [3.63, 3.8) is 0 Å². The summed E-state index contributed by atoms with van der Waals surface area (Å²) in [6.45, 7) is 2.45. The van der Waals surface area contributed by atoms with E-state index in [4.69, 9.17) is 22.1 Å². The second kappa shape index (κ2) is 7.25. The Balaban J connectivity index is 2.32. The zero-order chi connectivity index (χ0) is 15.4. The molecule has 112 valence electrons. The third kappa shape index (κ3) is 3.96. The third-order valence-corrected chi connectivity index (χ3v) is 4.00. The monoisotopic (exact) mass is 371 g/mol. The molecule has 0 fully saturated rings. The van der Waals surface area contributed by atoms with Crippen LogP contribution in [0.4, 0.5) is 4.39 Å². The maximum atomic E-state index is 13.9. The second-order valence-corrected chi connectivity index (χ2v) is 5.95. The van der Waals surface area contributed by atoms with Crippen LogP contribution in [0.15, 0.2) is 40.9 Å². The van der Waals surface area contributed by atoms with E-state index in [0.717, 1.165) is 10.0 Å². The lowest BCUT2D eigenvalue weighted by Crippen LogP contribution is -2.16. The average molecular weight is 373 g/mol. The molecule has 2 aromatic rings. The molecule has 0 radical (unpaired) electrons. The van der Waals surface area contributed by atoms with E-state index in [9.17, 15) is 4.39 Å². The summed E-state index contributed by atoms with van der Waals surface area (Å²) in [4.78, 5) is 0. The number of rotatable bonds is 5. The van der Waals surface area contributed by atoms with Crippen molar-refractivity contribution >= 4 is 27.5 Å². The topological polar surface area (TPSA) is 35.2 Å². The molecule has 0 saturated carbocycles. The van der Waals surface area contributed by atoms with Crippen molar-refractivity contribution in [2.24, 2.45) is 5.73 Å². The number of nitrogens with two attached hydrogens (primary N) is 1. The highest BCUT2D eigenvalue weighted by Crippen LogP contribution is 2.31. The van der Waals surface area contributed by atoms with Gasteiger partial charge in [-0.2, -0.15) is 0 Å². The van der Waals surface area contributed by atoms with Gasteiger partial charge in [-0.15, -0.1) is 0 Å². The van der Waals surface area contributed by atoms with E-state index >= 15 is 0 Å². The van der Waals surface area contributed by atoms with Crippen molar-refractivity contribution in [3.05, 3.63) is 62.8 Å². The minimum absolute atomic E-state index is 0.308. The van der Waals surface area contributed by atoms with E-state index in [1.807, 2.05) is 25.1 Å². The zero-order valence-electron chi connectivity index (χ0n) is 11.6. The van der Waals surface area contributed by atoms with Gasteiger partial charge in [-0.05, 0) is 43.7 Å². The fraction of sp³-hybridized carbons (Fsp3) is 0.250. The Morgan fingerprint density at radius 1 is 1.33 bits per heavy atom. The summed E-state index contributed by atoms with van der Waals surface area (Å²) in [5.41, 5.74) is 7.49. The van der Waals surface area contributed by atoms with Gasteiger partial charge < -0.3 is 10.5 Å². The maximum absolute atomic E-state index is 13.9. The Morgan fingerprint density at radius 3 is 2.76 bits per heavy atom. The lowest BCUT2D eigenvalue weighted by molar-refractivity contribution is 0.334. The third-order valence-electron chi connectivity index (χ3n) is 3.16. The molecular weight excluding hydrogens is 357 g/mol. The summed E-state index contributed by atoms with van der Waals surface area (Å²) in [6.07, 6.45) is 0.308. The Morgan fingerprint density at radius 2 is 2.10 bits per heavy atom. The number of halogens is 3. The average Bonchev–Trinajstić information content (AvgIpc) is 2.45. The molecule has 0 saturated heterocycles. The molecule has 1 atom stereocenters. The molecule has 0 heterocycles. The van der Waals surface area contributed by atoms with Crippen LogP contribution < -0.4 is 10.5 Å². The molecule has 0 aliphatic carbocycles. The van der Waals surface area contributed by atoms with Crippen LogP contribution in [0.5, 0.6) is 5.75 Å². The van der Waals surface area contributed by atoms with Gasteiger partial charge in [-0.3, -0.25) is 0 Å². The van der Waals surface area contributed by atoms with Crippen LogP contribution in [0, 0.1) is 5.82 Å². The van der Waals surface area contributed by atoms with E-state index in [2.05, 4.69) is 15.9 Å². The van der Waals surface area contributed by atoms with Gasteiger partial charge in [0.05, 0.1) is 6.61 Å². The summed E-state index contributed by atoms with van der Waals surface area (Å²) < 4.78 is 20.4. The smallest absolute Gasteiger partial charge is 0.127 e. The van der Waals surface area contributed by atoms with Crippen molar-refractivity contribution in [1.29, 1.82) is 0 Å². The van der Waals surface area contributed by atoms with Crippen molar-refractivity contribution in [1.82, 2.24) is 0 Å². The predicted octanol–water partition coefficient (Wildman–Crippen LogP) is 4.88. The van der Waals surface area contributed by atoms with Gasteiger partial charge in [0, 0.05) is 26.7 Å². The van der Waals surface area contributed by atoms with Crippen LogP contribution >= 0.6 is 27.5 Å². The molecule has 1 unspecified atom stereocenters. The van der Waals surface area contributed by atoms with E-state index in [-0.39, 0.29) is 5.82 Å². The molecule has 2 N–H and O–H groups in total. The van der Waals surface area contributed by atoms with Crippen molar-refractivity contribution in [3.8, 4) is 5.75 Å². The molecule has 0 aliphatic heterocycles. The van der Waals surface area contributed by atoms with Crippen molar-refractivity contribution < 1.29 is 9.13 Å². The molecule has 0 amide bonds. The fourth-order valence-electron chi connectivity index (χ4n) is 2.15. The normalized spacial score (nSPS) is 12.2. The Labute approximate surface area is 137 Å². The Hall–Kier alpha value is -1.10. The van der Waals surface area contributed by atoms with E-state index in [1.54, 1.807) is 12.1 Å². The lowest BCUT2D eigenvalue weighted by atomic mass is 9.98. The zero-order valence-corrected chi connectivity index (χ0v) is 13.9. The molecule has 2 rings (SSSR count). The molecule has 2 nitrogen and oxygen atoms in total. The number of benzene rings is 2. The van der Waals surface area contributed by atoms with Crippen molar-refractivity contribution in [2.75, 3.05) is 6.61 Å². The van der Waals surface area contributed by atoms with Gasteiger partial charge in [-0.1, -0.05) is 33.6 Å². The van der Waals surface area contributed by atoms with Gasteiger partial charge in [0.15, 0.2) is 0 Å². The van der Waals surface area contributed by atoms with Gasteiger partial charge in [0.2, 0.25) is 0 Å². The number of hydrogen-bond donors (Lipinski definition) is 1. The summed E-state index contributed by atoms with van der Waals surface area (Å²) in [6, 6.07) is 9.86.